The van der Waals surface area contributed by atoms with E-state index in [2.05, 4.69) is 15.4 Å². The van der Waals surface area contributed by atoms with Gasteiger partial charge < -0.3 is 10.9 Å². The summed E-state index contributed by atoms with van der Waals surface area (Å²) in [5, 5.41) is 17.2. The summed E-state index contributed by atoms with van der Waals surface area (Å²) in [7, 11) is -3.72. The Kier molecular flexibility index (Phi) is 4.07. The lowest BCUT2D eigenvalue weighted by atomic mass is 10.4. The number of aromatic nitrogens is 2. The van der Waals surface area contributed by atoms with Crippen LogP contribution in [0, 0.1) is 0 Å². The summed E-state index contributed by atoms with van der Waals surface area (Å²) in [5.41, 5.74) is 5.33. The summed E-state index contributed by atoms with van der Waals surface area (Å²) in [6, 6.07) is 1.01. The molecule has 0 saturated carbocycles. The maximum Gasteiger partial charge on any atom is 0.260 e. The van der Waals surface area contributed by atoms with Crippen LogP contribution in [0.5, 0.6) is 0 Å². The average Bonchev–Trinajstić information content (AvgIpc) is 2.78. The zero-order valence-corrected chi connectivity index (χ0v) is 10.3. The Balaban J connectivity index is 3.08. The molecule has 9 heteroatoms. The van der Waals surface area contributed by atoms with Crippen molar-refractivity contribution in [3.63, 3.8) is 0 Å². The predicted molar refractivity (Wildman–Crippen MR) is 61.0 cm³/mol. The van der Waals surface area contributed by atoms with E-state index in [1.807, 2.05) is 0 Å². The first kappa shape index (κ1) is 13.5. The summed E-state index contributed by atoms with van der Waals surface area (Å²) in [6.45, 7) is 3.20. The lowest BCUT2D eigenvalue weighted by molar-refractivity contribution is 0.312. The molecule has 0 aliphatic rings. The normalized spacial score (nSPS) is 13.5. The number of hydrogen-bond acceptors (Lipinski definition) is 5. The molecular formula is C8H15N5O3S. The Morgan fingerprint density at radius 3 is 2.76 bits per heavy atom. The molecule has 0 aliphatic carbocycles. The van der Waals surface area contributed by atoms with E-state index in [0.29, 0.717) is 0 Å². The zero-order chi connectivity index (χ0) is 13.1. The Morgan fingerprint density at radius 1 is 1.71 bits per heavy atom. The third kappa shape index (κ3) is 2.94. The van der Waals surface area contributed by atoms with Crippen molar-refractivity contribution >= 4 is 15.9 Å². The number of oxime groups is 1. The predicted octanol–water partition coefficient (Wildman–Crippen LogP) is -0.445. The molecule has 0 unspecified atom stereocenters. The number of rotatable bonds is 5. The highest BCUT2D eigenvalue weighted by atomic mass is 32.2. The number of hydrogen-bond donors (Lipinski definition) is 3. The van der Waals surface area contributed by atoms with Gasteiger partial charge in [-0.1, -0.05) is 5.16 Å². The summed E-state index contributed by atoms with van der Waals surface area (Å²) < 4.78 is 25.4. The highest BCUT2D eigenvalue weighted by molar-refractivity contribution is 7.89. The van der Waals surface area contributed by atoms with E-state index in [1.165, 1.54) is 12.3 Å². The van der Waals surface area contributed by atoms with E-state index in [1.54, 1.807) is 13.8 Å². The van der Waals surface area contributed by atoms with Gasteiger partial charge in [-0.25, -0.2) is 8.42 Å². The van der Waals surface area contributed by atoms with Gasteiger partial charge in [-0.15, -0.1) is 0 Å². The maximum absolute atomic E-state index is 12.1. The van der Waals surface area contributed by atoms with Crippen molar-refractivity contribution in [2.75, 3.05) is 6.54 Å². The second-order valence-electron chi connectivity index (χ2n) is 3.66. The summed E-state index contributed by atoms with van der Waals surface area (Å²) in [6.07, 6.45) is 1.34. The molecule has 8 nitrogen and oxygen atoms in total. The number of sulfonamides is 1. The van der Waals surface area contributed by atoms with E-state index >= 15 is 0 Å². The molecule has 0 aromatic carbocycles. The first-order valence-electron chi connectivity index (χ1n) is 4.87. The number of nitrogens with zero attached hydrogens (tertiary/aromatic N) is 3. The van der Waals surface area contributed by atoms with Gasteiger partial charge >= 0.3 is 0 Å². The minimum absolute atomic E-state index is 0.0306. The molecule has 1 aromatic rings. The molecule has 0 fully saturated rings. The van der Waals surface area contributed by atoms with E-state index < -0.39 is 10.0 Å². The van der Waals surface area contributed by atoms with Gasteiger partial charge in [0, 0.05) is 6.04 Å². The average molecular weight is 261 g/mol. The minimum atomic E-state index is -3.72. The molecule has 0 bridgehead atoms. The summed E-state index contributed by atoms with van der Waals surface area (Å²) in [5.74, 6) is -0.179. The zero-order valence-electron chi connectivity index (χ0n) is 9.53. The van der Waals surface area contributed by atoms with Gasteiger partial charge in [0.25, 0.3) is 10.0 Å². The topological polar surface area (TPSA) is 125 Å². The molecule has 0 aliphatic heterocycles. The van der Waals surface area contributed by atoms with E-state index in [4.69, 9.17) is 10.9 Å². The molecule has 0 radical (unpaired) electrons. The molecule has 0 saturated heterocycles. The van der Waals surface area contributed by atoms with E-state index in [9.17, 15) is 8.42 Å². The van der Waals surface area contributed by atoms with Gasteiger partial charge in [0.05, 0.1) is 12.7 Å². The van der Waals surface area contributed by atoms with Crippen molar-refractivity contribution in [1.82, 2.24) is 14.5 Å². The smallest absolute Gasteiger partial charge is 0.260 e. The monoisotopic (exact) mass is 261 g/mol. The third-order valence-electron chi connectivity index (χ3n) is 2.08. The fourth-order valence-corrected chi connectivity index (χ4v) is 2.76. The van der Waals surface area contributed by atoms with Crippen LogP contribution < -0.4 is 5.73 Å². The van der Waals surface area contributed by atoms with Crippen LogP contribution in [0.2, 0.25) is 0 Å². The highest BCUT2D eigenvalue weighted by Crippen LogP contribution is 2.14. The summed E-state index contributed by atoms with van der Waals surface area (Å²) >= 11 is 0. The van der Waals surface area contributed by atoms with Gasteiger partial charge in [-0.3, -0.25) is 5.10 Å². The van der Waals surface area contributed by atoms with E-state index in [0.717, 1.165) is 4.31 Å². The number of H-pyrrole nitrogens is 1. The molecule has 17 heavy (non-hydrogen) atoms. The quantitative estimate of drug-likeness (QED) is 0.287. The first-order valence-corrected chi connectivity index (χ1v) is 6.31. The molecule has 1 heterocycles. The Morgan fingerprint density at radius 2 is 2.35 bits per heavy atom. The molecule has 1 aromatic heterocycles. The molecule has 96 valence electrons. The summed E-state index contributed by atoms with van der Waals surface area (Å²) in [4.78, 5) is 0. The lowest BCUT2D eigenvalue weighted by Gasteiger charge is -2.24. The largest absolute Gasteiger partial charge is 0.409 e. The molecule has 0 amide bonds. The number of amidine groups is 1. The van der Waals surface area contributed by atoms with Crippen LogP contribution in [-0.2, 0) is 10.0 Å². The number of nitrogens with one attached hydrogen (secondary N) is 1. The first-order chi connectivity index (χ1) is 7.89. The Bertz CT molecular complexity index is 479. The second-order valence-corrected chi connectivity index (χ2v) is 5.52. The lowest BCUT2D eigenvalue weighted by Crippen LogP contribution is -2.42. The molecule has 1 rings (SSSR count). The Labute approximate surface area is 99.2 Å². The van der Waals surface area contributed by atoms with Crippen molar-refractivity contribution in [2.24, 2.45) is 10.9 Å². The van der Waals surface area contributed by atoms with Crippen LogP contribution in [0.15, 0.2) is 22.4 Å². The van der Waals surface area contributed by atoms with Gasteiger partial charge in [0.2, 0.25) is 0 Å². The van der Waals surface area contributed by atoms with Crippen molar-refractivity contribution in [3.8, 4) is 0 Å². The van der Waals surface area contributed by atoms with Crippen molar-refractivity contribution in [2.45, 2.75) is 24.9 Å². The number of nitrogens with two attached hydrogens (primary N) is 1. The van der Waals surface area contributed by atoms with Gasteiger partial charge in [-0.2, -0.15) is 9.40 Å². The second kappa shape index (κ2) is 5.15. The van der Waals surface area contributed by atoms with Crippen LogP contribution >= 0.6 is 0 Å². The molecular weight excluding hydrogens is 246 g/mol. The molecule has 0 atom stereocenters. The van der Waals surface area contributed by atoms with Crippen LogP contribution in [0.1, 0.15) is 13.8 Å². The van der Waals surface area contributed by atoms with Gasteiger partial charge in [0.15, 0.2) is 10.9 Å². The highest BCUT2D eigenvalue weighted by Gasteiger charge is 2.28. The van der Waals surface area contributed by atoms with Crippen molar-refractivity contribution < 1.29 is 13.6 Å². The minimum Gasteiger partial charge on any atom is -0.409 e. The van der Waals surface area contributed by atoms with Crippen molar-refractivity contribution in [1.29, 1.82) is 0 Å². The number of aromatic amines is 1. The van der Waals surface area contributed by atoms with Gasteiger partial charge in [-0.05, 0) is 19.9 Å². The fraction of sp³-hybridized carbons (Fsp3) is 0.500. The van der Waals surface area contributed by atoms with E-state index in [-0.39, 0.29) is 23.4 Å². The third-order valence-corrected chi connectivity index (χ3v) is 4.04. The van der Waals surface area contributed by atoms with Gasteiger partial charge in [0.1, 0.15) is 0 Å². The standard InChI is InChI=1S/C8H15N5O3S/c1-6(2)13(5-7(9)12-14)17(15,16)8-3-4-10-11-8/h3-4,6,14H,5H2,1-2H3,(H2,9,12)(H,10,11). The Hall–Kier alpha value is -1.61. The van der Waals surface area contributed by atoms with Crippen LogP contribution in [0.3, 0.4) is 0 Å². The van der Waals surface area contributed by atoms with Crippen LogP contribution in [0.4, 0.5) is 0 Å². The maximum atomic E-state index is 12.1. The fourth-order valence-electron chi connectivity index (χ4n) is 1.25. The molecule has 0 spiro atoms. The SMILES string of the molecule is CC(C)N(CC(N)=NO)S(=O)(=O)c1ccn[nH]1. The van der Waals surface area contributed by atoms with Crippen LogP contribution in [0.25, 0.3) is 0 Å². The van der Waals surface area contributed by atoms with Crippen molar-refractivity contribution in [3.05, 3.63) is 12.3 Å². The van der Waals surface area contributed by atoms with Crippen LogP contribution in [-0.4, -0.2) is 46.5 Å². The molecule has 4 N–H and O–H groups in total.